The molecule has 23 heavy (non-hydrogen) atoms. The number of esters is 1. The maximum atomic E-state index is 12.3. The fraction of sp³-hybridized carbons (Fsp3) is 0.529. The number of benzene rings is 1. The Morgan fingerprint density at radius 3 is 2.39 bits per heavy atom. The molecule has 5 nitrogen and oxygen atoms in total. The molecule has 0 aliphatic rings. The first kappa shape index (κ1) is 19.7. The Hall–Kier alpha value is -1.31. The van der Waals surface area contributed by atoms with E-state index in [1.807, 2.05) is 13.0 Å². The Morgan fingerprint density at radius 1 is 1.17 bits per heavy atom. The van der Waals surface area contributed by atoms with Crippen LogP contribution in [0.1, 0.15) is 32.3 Å². The average molecular weight is 434 g/mol. The summed E-state index contributed by atoms with van der Waals surface area (Å²) in [5, 5.41) is 0. The van der Waals surface area contributed by atoms with Crippen molar-refractivity contribution in [3.8, 4) is 11.5 Å². The van der Waals surface area contributed by atoms with Crippen LogP contribution in [0.25, 0.3) is 0 Å². The third-order valence-corrected chi connectivity index (χ3v) is 4.19. The lowest BCUT2D eigenvalue weighted by molar-refractivity contribution is -0.151. The van der Waals surface area contributed by atoms with Gasteiger partial charge < -0.3 is 14.2 Å². The zero-order valence-corrected chi connectivity index (χ0v) is 16.1. The summed E-state index contributed by atoms with van der Waals surface area (Å²) in [5.41, 5.74) is 0.842. The van der Waals surface area contributed by atoms with E-state index >= 15 is 0 Å². The van der Waals surface area contributed by atoms with Crippen molar-refractivity contribution in [2.75, 3.05) is 20.8 Å². The van der Waals surface area contributed by atoms with Crippen molar-refractivity contribution in [3.63, 3.8) is 0 Å². The Labute approximate surface area is 150 Å². The largest absolute Gasteiger partial charge is 0.493 e. The molecule has 128 valence electrons. The first-order valence-electron chi connectivity index (χ1n) is 7.58. The maximum absolute atomic E-state index is 12.3. The Morgan fingerprint density at radius 2 is 1.87 bits per heavy atom. The standard InChI is InChI=1S/C17H23IO5/c1-5-7-14(19)12(17(20)23-6-2)8-11-9-13(18)16(22-4)15(10-11)21-3/h9-10,12H,5-8H2,1-4H3. The second-order valence-electron chi connectivity index (χ2n) is 5.04. The smallest absolute Gasteiger partial charge is 0.316 e. The minimum Gasteiger partial charge on any atom is -0.493 e. The summed E-state index contributed by atoms with van der Waals surface area (Å²) in [6.45, 7) is 3.91. The molecule has 0 fully saturated rings. The molecule has 0 aliphatic heterocycles. The quantitative estimate of drug-likeness (QED) is 0.339. The van der Waals surface area contributed by atoms with Crippen molar-refractivity contribution in [2.45, 2.75) is 33.1 Å². The third kappa shape index (κ3) is 5.37. The molecule has 1 rings (SSSR count). The van der Waals surface area contributed by atoms with Crippen LogP contribution in [0.4, 0.5) is 0 Å². The van der Waals surface area contributed by atoms with E-state index in [1.54, 1.807) is 27.2 Å². The summed E-state index contributed by atoms with van der Waals surface area (Å²) in [6.07, 6.45) is 1.38. The average Bonchev–Trinajstić information content (AvgIpc) is 2.52. The number of hydrogen-bond acceptors (Lipinski definition) is 5. The van der Waals surface area contributed by atoms with Gasteiger partial charge in [0.05, 0.1) is 24.4 Å². The molecule has 6 heteroatoms. The molecular formula is C17H23IO5. The lowest BCUT2D eigenvalue weighted by Crippen LogP contribution is -2.28. The van der Waals surface area contributed by atoms with Crippen LogP contribution in [0, 0.1) is 9.49 Å². The second-order valence-corrected chi connectivity index (χ2v) is 6.20. The van der Waals surface area contributed by atoms with E-state index in [-0.39, 0.29) is 12.4 Å². The number of carbonyl (C=O) groups excluding carboxylic acids is 2. The number of ketones is 1. The van der Waals surface area contributed by atoms with Crippen molar-refractivity contribution in [1.82, 2.24) is 0 Å². The van der Waals surface area contributed by atoms with Crippen molar-refractivity contribution >= 4 is 34.3 Å². The SMILES string of the molecule is CCCC(=O)C(Cc1cc(I)c(OC)c(OC)c1)C(=O)OCC. The number of Topliss-reactive ketones (excluding diaryl/α,β-unsaturated/α-hetero) is 1. The fourth-order valence-electron chi connectivity index (χ4n) is 2.32. The molecule has 1 aromatic rings. The molecule has 1 aromatic carbocycles. The van der Waals surface area contributed by atoms with Gasteiger partial charge in [0.2, 0.25) is 0 Å². The lowest BCUT2D eigenvalue weighted by Gasteiger charge is -2.16. The molecule has 0 radical (unpaired) electrons. The van der Waals surface area contributed by atoms with E-state index in [2.05, 4.69) is 22.6 Å². The summed E-state index contributed by atoms with van der Waals surface area (Å²) in [5.74, 6) is -0.0975. The molecule has 0 bridgehead atoms. The highest BCUT2D eigenvalue weighted by atomic mass is 127. The van der Waals surface area contributed by atoms with Crippen molar-refractivity contribution in [1.29, 1.82) is 0 Å². The lowest BCUT2D eigenvalue weighted by atomic mass is 9.93. The van der Waals surface area contributed by atoms with Crippen LogP contribution in [-0.4, -0.2) is 32.6 Å². The molecule has 0 saturated heterocycles. The summed E-state index contributed by atoms with van der Waals surface area (Å²) in [6, 6.07) is 3.69. The zero-order chi connectivity index (χ0) is 17.4. The number of halogens is 1. The first-order chi connectivity index (χ1) is 11.0. The van der Waals surface area contributed by atoms with Gasteiger partial charge in [-0.25, -0.2) is 0 Å². The van der Waals surface area contributed by atoms with Crippen molar-refractivity contribution < 1.29 is 23.8 Å². The van der Waals surface area contributed by atoms with Gasteiger partial charge in [-0.2, -0.15) is 0 Å². The van der Waals surface area contributed by atoms with Crippen LogP contribution in [-0.2, 0) is 20.7 Å². The molecule has 0 aromatic heterocycles. The predicted molar refractivity (Wildman–Crippen MR) is 96.0 cm³/mol. The van der Waals surface area contributed by atoms with Gasteiger partial charge in [0.15, 0.2) is 11.5 Å². The highest BCUT2D eigenvalue weighted by Gasteiger charge is 2.28. The first-order valence-corrected chi connectivity index (χ1v) is 8.66. The predicted octanol–water partition coefficient (Wildman–Crippen LogP) is 3.40. The summed E-state index contributed by atoms with van der Waals surface area (Å²) < 4.78 is 16.6. The van der Waals surface area contributed by atoms with E-state index in [1.165, 1.54) is 0 Å². The third-order valence-electron chi connectivity index (χ3n) is 3.39. The van der Waals surface area contributed by atoms with E-state index in [9.17, 15) is 9.59 Å². The molecule has 1 atom stereocenters. The molecule has 0 amide bonds. The van der Waals surface area contributed by atoms with Gasteiger partial charge >= 0.3 is 5.97 Å². The van der Waals surface area contributed by atoms with Crippen LogP contribution < -0.4 is 9.47 Å². The van der Waals surface area contributed by atoms with Gasteiger partial charge in [-0.3, -0.25) is 9.59 Å². The van der Waals surface area contributed by atoms with Crippen LogP contribution in [0.2, 0.25) is 0 Å². The topological polar surface area (TPSA) is 61.8 Å². The van der Waals surface area contributed by atoms with Gasteiger partial charge in [0.25, 0.3) is 0 Å². The van der Waals surface area contributed by atoms with Gasteiger partial charge in [-0.15, -0.1) is 0 Å². The number of methoxy groups -OCH3 is 2. The molecule has 0 heterocycles. The van der Waals surface area contributed by atoms with Crippen LogP contribution in [0.15, 0.2) is 12.1 Å². The van der Waals surface area contributed by atoms with Crippen molar-refractivity contribution in [3.05, 3.63) is 21.3 Å². The monoisotopic (exact) mass is 434 g/mol. The molecular weight excluding hydrogens is 411 g/mol. The zero-order valence-electron chi connectivity index (χ0n) is 14.0. The minimum absolute atomic E-state index is 0.0873. The van der Waals surface area contributed by atoms with E-state index in [0.717, 1.165) is 9.13 Å². The van der Waals surface area contributed by atoms with Gasteiger partial charge in [-0.1, -0.05) is 6.92 Å². The molecule has 0 aliphatic carbocycles. The van der Waals surface area contributed by atoms with Gasteiger partial charge in [0, 0.05) is 6.42 Å². The molecule has 0 saturated carbocycles. The van der Waals surface area contributed by atoms with E-state index < -0.39 is 11.9 Å². The number of hydrogen-bond donors (Lipinski definition) is 0. The Kier molecular flexibility index (Phi) is 8.36. The van der Waals surface area contributed by atoms with Crippen LogP contribution in [0.3, 0.4) is 0 Å². The maximum Gasteiger partial charge on any atom is 0.316 e. The fourth-order valence-corrected chi connectivity index (χ4v) is 3.20. The molecule has 1 unspecified atom stereocenters. The van der Waals surface area contributed by atoms with Gasteiger partial charge in [-0.05, 0) is 60.1 Å². The number of rotatable bonds is 9. The normalized spacial score (nSPS) is 11.7. The second kappa shape index (κ2) is 9.75. The summed E-state index contributed by atoms with van der Waals surface area (Å²) in [7, 11) is 3.13. The molecule has 0 N–H and O–H groups in total. The van der Waals surface area contributed by atoms with E-state index in [0.29, 0.717) is 30.8 Å². The van der Waals surface area contributed by atoms with Gasteiger partial charge in [0.1, 0.15) is 11.7 Å². The number of ether oxygens (including phenoxy) is 3. The summed E-state index contributed by atoms with van der Waals surface area (Å²) >= 11 is 2.14. The highest BCUT2D eigenvalue weighted by Crippen LogP contribution is 2.34. The highest BCUT2D eigenvalue weighted by molar-refractivity contribution is 14.1. The Bertz CT molecular complexity index is 538. The Balaban J connectivity index is 3.10. The number of carbonyl (C=O) groups is 2. The van der Waals surface area contributed by atoms with Crippen LogP contribution in [0.5, 0.6) is 11.5 Å². The van der Waals surface area contributed by atoms with E-state index in [4.69, 9.17) is 14.2 Å². The summed E-state index contributed by atoms with van der Waals surface area (Å²) in [4.78, 5) is 24.4. The van der Waals surface area contributed by atoms with Crippen LogP contribution >= 0.6 is 22.6 Å². The van der Waals surface area contributed by atoms with Crippen molar-refractivity contribution in [2.24, 2.45) is 5.92 Å². The molecule has 0 spiro atoms. The minimum atomic E-state index is -0.774.